The fraction of sp³-hybridized carbons (Fsp3) is 0.0196. The number of hydrogen-bond donors (Lipinski definition) is 1. The maximum absolute atomic E-state index is 5.25. The highest BCUT2D eigenvalue weighted by molar-refractivity contribution is 7.25. The lowest BCUT2D eigenvalue weighted by molar-refractivity contribution is 0.674. The van der Waals surface area contributed by atoms with Crippen LogP contribution < -0.4 is 5.32 Å². The zero-order chi connectivity index (χ0) is 37.0. The van der Waals surface area contributed by atoms with Crippen LogP contribution in [0.4, 0.5) is 0 Å². The van der Waals surface area contributed by atoms with E-state index in [1.54, 1.807) is 0 Å². The molecule has 1 aliphatic rings. The van der Waals surface area contributed by atoms with Crippen molar-refractivity contribution in [3.8, 4) is 27.9 Å². The van der Waals surface area contributed by atoms with Gasteiger partial charge in [0, 0.05) is 47.8 Å². The topological polar surface area (TPSA) is 41.7 Å². The fourth-order valence-electron chi connectivity index (χ4n) is 8.20. The van der Waals surface area contributed by atoms with E-state index in [1.807, 2.05) is 35.6 Å². The molecule has 0 saturated heterocycles. The van der Waals surface area contributed by atoms with E-state index in [4.69, 9.17) is 9.98 Å². The Labute approximate surface area is 328 Å². The molecule has 0 bridgehead atoms. The van der Waals surface area contributed by atoms with Gasteiger partial charge < -0.3 is 9.88 Å². The highest BCUT2D eigenvalue weighted by atomic mass is 32.1. The van der Waals surface area contributed by atoms with Crippen LogP contribution in [0.5, 0.6) is 0 Å². The van der Waals surface area contributed by atoms with Crippen molar-refractivity contribution in [2.24, 2.45) is 9.98 Å². The Morgan fingerprint density at radius 1 is 0.464 bits per heavy atom. The lowest BCUT2D eigenvalue weighted by atomic mass is 9.97. The number of nitrogens with zero attached hydrogens (tertiary/aromatic N) is 3. The average Bonchev–Trinajstić information content (AvgIpc) is 3.82. The molecule has 264 valence electrons. The minimum absolute atomic E-state index is 0.301. The molecule has 11 rings (SSSR count). The number of rotatable bonds is 6. The van der Waals surface area contributed by atoms with Crippen LogP contribution in [0.1, 0.15) is 22.9 Å². The summed E-state index contributed by atoms with van der Waals surface area (Å²) in [7, 11) is 0. The number of aliphatic imine (C=N–C) groups is 2. The zero-order valence-electron chi connectivity index (χ0n) is 30.3. The van der Waals surface area contributed by atoms with Crippen molar-refractivity contribution in [1.29, 1.82) is 0 Å². The number of aromatic nitrogens is 1. The Morgan fingerprint density at radius 2 is 1.11 bits per heavy atom. The quantitative estimate of drug-likeness (QED) is 0.182. The summed E-state index contributed by atoms with van der Waals surface area (Å²) in [5, 5.41) is 8.68. The van der Waals surface area contributed by atoms with E-state index in [0.29, 0.717) is 5.84 Å². The predicted octanol–water partition coefficient (Wildman–Crippen LogP) is 13.0. The zero-order valence-corrected chi connectivity index (χ0v) is 31.1. The molecule has 1 unspecified atom stereocenters. The third-order valence-corrected chi connectivity index (χ3v) is 12.0. The number of thiophene rings is 1. The third-order valence-electron chi connectivity index (χ3n) is 10.9. The number of nitrogens with one attached hydrogen (secondary N) is 1. The van der Waals surface area contributed by atoms with Gasteiger partial charge >= 0.3 is 0 Å². The summed E-state index contributed by atoms with van der Waals surface area (Å²) >= 11 is 1.85. The predicted molar refractivity (Wildman–Crippen MR) is 236 cm³/mol. The van der Waals surface area contributed by atoms with Crippen molar-refractivity contribution < 1.29 is 0 Å². The summed E-state index contributed by atoms with van der Waals surface area (Å²) in [4.78, 5) is 10.4. The highest BCUT2D eigenvalue weighted by Gasteiger charge is 2.22. The molecule has 0 fully saturated rings. The number of para-hydroxylation sites is 1. The van der Waals surface area contributed by atoms with Crippen LogP contribution in [0.2, 0.25) is 0 Å². The first-order chi connectivity index (χ1) is 27.7. The summed E-state index contributed by atoms with van der Waals surface area (Å²) < 4.78 is 5.04. The molecule has 10 aromatic rings. The molecule has 1 aliphatic heterocycles. The normalized spacial score (nSPS) is 14.2. The molecule has 1 N–H and O–H groups in total. The van der Waals surface area contributed by atoms with Gasteiger partial charge in [-0.05, 0) is 70.3 Å². The smallest absolute Gasteiger partial charge is 0.159 e. The largest absolute Gasteiger partial charge is 0.344 e. The van der Waals surface area contributed by atoms with E-state index >= 15 is 0 Å². The van der Waals surface area contributed by atoms with E-state index in [1.165, 1.54) is 58.7 Å². The number of benzene rings is 8. The van der Waals surface area contributed by atoms with Gasteiger partial charge in [-0.15, -0.1) is 11.3 Å². The molecule has 0 amide bonds. The Balaban J connectivity index is 1.03. The molecule has 4 nitrogen and oxygen atoms in total. The Kier molecular flexibility index (Phi) is 7.71. The second kappa shape index (κ2) is 13.3. The summed E-state index contributed by atoms with van der Waals surface area (Å²) in [6.07, 6.45) is -0.301. The standard InChI is InChI=1S/C51H34N4S/c1-3-13-33(14-4-1)34-25-27-36(28-26-34)50-52-49(35-15-5-2-6-16-35)53-51(54-50)38-18-11-17-37(31-38)40-21-12-23-45-48(40)42-20-7-9-22-44(42)55(45)39-29-30-47-43(32-39)41-19-8-10-24-46(41)56-47/h1-32,50H,(H,52,53,54). The molecule has 56 heavy (non-hydrogen) atoms. The molecular formula is C51H34N4S. The Morgan fingerprint density at radius 3 is 1.95 bits per heavy atom. The molecule has 0 aliphatic carbocycles. The van der Waals surface area contributed by atoms with Gasteiger partial charge in [0.2, 0.25) is 0 Å². The fourth-order valence-corrected chi connectivity index (χ4v) is 9.28. The van der Waals surface area contributed by atoms with Gasteiger partial charge in [-0.3, -0.25) is 0 Å². The van der Waals surface area contributed by atoms with Crippen molar-refractivity contribution in [2.75, 3.05) is 0 Å². The van der Waals surface area contributed by atoms with Crippen molar-refractivity contribution in [2.45, 2.75) is 6.17 Å². The average molecular weight is 735 g/mol. The van der Waals surface area contributed by atoms with E-state index < -0.39 is 0 Å². The molecule has 8 aromatic carbocycles. The van der Waals surface area contributed by atoms with Crippen LogP contribution in [-0.2, 0) is 0 Å². The van der Waals surface area contributed by atoms with Crippen LogP contribution in [-0.4, -0.2) is 16.2 Å². The van der Waals surface area contributed by atoms with Crippen molar-refractivity contribution in [3.05, 3.63) is 211 Å². The first-order valence-corrected chi connectivity index (χ1v) is 19.8. The summed E-state index contributed by atoms with van der Waals surface area (Å²) in [6, 6.07) is 69.2. The summed E-state index contributed by atoms with van der Waals surface area (Å²) in [6.45, 7) is 0. The van der Waals surface area contributed by atoms with E-state index in [9.17, 15) is 0 Å². The van der Waals surface area contributed by atoms with Gasteiger partial charge in [0.1, 0.15) is 12.0 Å². The van der Waals surface area contributed by atoms with Gasteiger partial charge in [0.05, 0.1) is 11.0 Å². The lowest BCUT2D eigenvalue weighted by Gasteiger charge is -2.24. The highest BCUT2D eigenvalue weighted by Crippen LogP contribution is 2.41. The second-order valence-corrected chi connectivity index (χ2v) is 15.3. The van der Waals surface area contributed by atoms with E-state index in [2.05, 4.69) is 180 Å². The van der Waals surface area contributed by atoms with Gasteiger partial charge in [0.15, 0.2) is 5.84 Å². The summed E-state index contributed by atoms with van der Waals surface area (Å²) in [5.41, 5.74) is 11.3. The second-order valence-electron chi connectivity index (χ2n) is 14.2. The molecule has 0 saturated carbocycles. The third kappa shape index (κ3) is 5.52. The molecule has 5 heteroatoms. The van der Waals surface area contributed by atoms with E-state index in [-0.39, 0.29) is 6.17 Å². The molecular weight excluding hydrogens is 701 g/mol. The van der Waals surface area contributed by atoms with Gasteiger partial charge in [-0.25, -0.2) is 9.98 Å². The van der Waals surface area contributed by atoms with Crippen LogP contribution >= 0.6 is 11.3 Å². The maximum atomic E-state index is 5.25. The number of fused-ring (bicyclic) bond motifs is 6. The van der Waals surface area contributed by atoms with Gasteiger partial charge in [-0.1, -0.05) is 152 Å². The van der Waals surface area contributed by atoms with Crippen molar-refractivity contribution >= 4 is 65.0 Å². The maximum Gasteiger partial charge on any atom is 0.159 e. The van der Waals surface area contributed by atoms with Crippen molar-refractivity contribution in [1.82, 2.24) is 9.88 Å². The molecule has 2 aromatic heterocycles. The van der Waals surface area contributed by atoms with Gasteiger partial charge in [0.25, 0.3) is 0 Å². The molecule has 0 radical (unpaired) electrons. The van der Waals surface area contributed by atoms with E-state index in [0.717, 1.165) is 33.8 Å². The van der Waals surface area contributed by atoms with Crippen LogP contribution in [0.15, 0.2) is 204 Å². The molecule has 1 atom stereocenters. The molecule has 3 heterocycles. The number of amidine groups is 2. The minimum atomic E-state index is -0.301. The Bertz CT molecular complexity index is 3150. The first-order valence-electron chi connectivity index (χ1n) is 18.9. The van der Waals surface area contributed by atoms with Crippen LogP contribution in [0, 0.1) is 0 Å². The van der Waals surface area contributed by atoms with Crippen molar-refractivity contribution in [3.63, 3.8) is 0 Å². The summed E-state index contributed by atoms with van der Waals surface area (Å²) in [5.74, 6) is 1.51. The SMILES string of the molecule is c1ccc(C2=NC(c3cccc(-c4cccc5c4c4ccccc4n5-c4ccc5sc6ccccc6c5c4)c3)=NC(c3ccc(-c4ccccc4)cc3)N2)cc1. The lowest BCUT2D eigenvalue weighted by Crippen LogP contribution is -2.33. The van der Waals surface area contributed by atoms with Crippen LogP contribution in [0.3, 0.4) is 0 Å². The monoisotopic (exact) mass is 734 g/mol. The number of hydrogen-bond acceptors (Lipinski definition) is 4. The minimum Gasteiger partial charge on any atom is -0.344 e. The van der Waals surface area contributed by atoms with Gasteiger partial charge in [-0.2, -0.15) is 0 Å². The first kappa shape index (κ1) is 32.4. The van der Waals surface area contributed by atoms with Crippen LogP contribution in [0.25, 0.3) is 69.9 Å². The Hall–Kier alpha value is -7.08. The molecule has 0 spiro atoms.